The van der Waals surface area contributed by atoms with Crippen LogP contribution in [0.3, 0.4) is 0 Å². The van der Waals surface area contributed by atoms with Gasteiger partial charge in [0, 0.05) is 43.6 Å². The van der Waals surface area contributed by atoms with Crippen molar-refractivity contribution in [1.29, 1.82) is 0 Å². The minimum atomic E-state index is 0.162. The molecule has 2 aliphatic rings. The third-order valence-corrected chi connectivity index (χ3v) is 8.67. The van der Waals surface area contributed by atoms with Gasteiger partial charge in [-0.15, -0.1) is 0 Å². The first-order valence-electron chi connectivity index (χ1n) is 12.9. The number of carbonyl (C=O) groups excluding carboxylic acids is 1. The molecule has 194 valence electrons. The highest BCUT2D eigenvalue weighted by Gasteiger charge is 2.51. The van der Waals surface area contributed by atoms with E-state index in [2.05, 4.69) is 47.7 Å². The van der Waals surface area contributed by atoms with Crippen molar-refractivity contribution in [2.75, 3.05) is 18.5 Å². The van der Waals surface area contributed by atoms with Gasteiger partial charge in [-0.2, -0.15) is 0 Å². The Hall–Kier alpha value is -2.57. The van der Waals surface area contributed by atoms with E-state index in [1.165, 1.54) is 12.0 Å². The number of hydrogen-bond acceptors (Lipinski definition) is 5. The highest BCUT2D eigenvalue weighted by molar-refractivity contribution is 7.98. The number of aromatic nitrogens is 2. The molecular formula is C30H35ClN4OS. The maximum Gasteiger partial charge on any atom is 0.254 e. The minimum Gasteiger partial charge on any atom is -0.355 e. The van der Waals surface area contributed by atoms with Crippen LogP contribution in [0.15, 0.2) is 65.8 Å². The fourth-order valence-electron chi connectivity index (χ4n) is 6.34. The summed E-state index contributed by atoms with van der Waals surface area (Å²) in [7, 11) is 2.01. The molecule has 7 heteroatoms. The molecule has 1 aliphatic carbocycles. The van der Waals surface area contributed by atoms with Crippen molar-refractivity contribution in [2.24, 2.45) is 10.8 Å². The number of nitrogens with zero attached hydrogens (tertiary/aromatic N) is 4. The molecule has 2 aromatic carbocycles. The largest absolute Gasteiger partial charge is 0.355 e. The quantitative estimate of drug-likeness (QED) is 0.184. The predicted molar refractivity (Wildman–Crippen MR) is 152 cm³/mol. The topological polar surface area (TPSA) is 49.3 Å². The first-order chi connectivity index (χ1) is 17.6. The lowest BCUT2D eigenvalue weighted by molar-refractivity contribution is 0.0708. The second-order valence-electron chi connectivity index (χ2n) is 11.8. The number of benzene rings is 2. The zero-order valence-electron chi connectivity index (χ0n) is 22.1. The van der Waals surface area contributed by atoms with Gasteiger partial charge in [0.1, 0.15) is 11.0 Å². The summed E-state index contributed by atoms with van der Waals surface area (Å²) in [5, 5.41) is 1.07. The van der Waals surface area contributed by atoms with E-state index in [-0.39, 0.29) is 11.3 Å². The van der Waals surface area contributed by atoms with Gasteiger partial charge in [-0.25, -0.2) is 9.97 Å². The number of anilines is 1. The normalized spacial score (nSPS) is 22.2. The third kappa shape index (κ3) is 6.12. The van der Waals surface area contributed by atoms with Crippen molar-refractivity contribution in [3.63, 3.8) is 0 Å². The van der Waals surface area contributed by atoms with E-state index in [1.54, 1.807) is 17.8 Å². The molecule has 2 unspecified atom stereocenters. The molecule has 3 aromatic rings. The van der Waals surface area contributed by atoms with Crippen molar-refractivity contribution < 1.29 is 4.79 Å². The second-order valence-corrected chi connectivity index (χ2v) is 13.1. The van der Waals surface area contributed by atoms with Crippen molar-refractivity contribution in [2.45, 2.75) is 63.5 Å². The van der Waals surface area contributed by atoms with Crippen LogP contribution in [-0.2, 0) is 12.3 Å². The molecule has 2 bridgehead atoms. The number of halogens is 1. The number of amides is 1. The molecule has 37 heavy (non-hydrogen) atoms. The Morgan fingerprint density at radius 1 is 1.05 bits per heavy atom. The highest BCUT2D eigenvalue weighted by Crippen LogP contribution is 2.52. The Kier molecular flexibility index (Phi) is 7.25. The molecule has 0 N–H and O–H groups in total. The van der Waals surface area contributed by atoms with Gasteiger partial charge in [-0.3, -0.25) is 4.79 Å². The summed E-state index contributed by atoms with van der Waals surface area (Å²) in [6.45, 7) is 8.63. The number of carbonyl (C=O) groups is 1. The lowest BCUT2D eigenvalue weighted by Crippen LogP contribution is -2.37. The van der Waals surface area contributed by atoms with Crippen LogP contribution < -0.4 is 4.90 Å². The smallest absolute Gasteiger partial charge is 0.254 e. The van der Waals surface area contributed by atoms with E-state index in [4.69, 9.17) is 16.6 Å². The van der Waals surface area contributed by atoms with Crippen LogP contribution in [0.5, 0.6) is 0 Å². The lowest BCUT2D eigenvalue weighted by Gasteiger charge is -2.39. The molecule has 1 saturated heterocycles. The van der Waals surface area contributed by atoms with Gasteiger partial charge < -0.3 is 9.80 Å². The second kappa shape index (κ2) is 10.3. The van der Waals surface area contributed by atoms with Crippen molar-refractivity contribution in [3.05, 3.63) is 82.5 Å². The summed E-state index contributed by atoms with van der Waals surface area (Å²) >= 11 is 7.88. The molecule has 0 radical (unpaired) electrons. The van der Waals surface area contributed by atoms with E-state index in [0.29, 0.717) is 27.5 Å². The Bertz CT molecular complexity index is 1270. The monoisotopic (exact) mass is 534 g/mol. The third-order valence-electron chi connectivity index (χ3n) is 7.56. The van der Waals surface area contributed by atoms with Crippen LogP contribution in [0.2, 0.25) is 5.15 Å². The Morgan fingerprint density at radius 2 is 1.78 bits per heavy atom. The SMILES string of the molecule is CN(Cc1ccccc1)c1cc(Cl)nc(SCc2ccc(C(=O)N3CC4(C)CC3CC(C)(C)C4)cc2)n1. The van der Waals surface area contributed by atoms with E-state index in [9.17, 15) is 4.79 Å². The van der Waals surface area contributed by atoms with E-state index >= 15 is 0 Å². The molecule has 0 spiro atoms. The van der Waals surface area contributed by atoms with Crippen molar-refractivity contribution in [1.82, 2.24) is 14.9 Å². The number of rotatable bonds is 7. The molecule has 2 heterocycles. The zero-order valence-corrected chi connectivity index (χ0v) is 23.6. The minimum absolute atomic E-state index is 0.162. The molecule has 1 aliphatic heterocycles. The molecule has 2 atom stereocenters. The van der Waals surface area contributed by atoms with Crippen LogP contribution >= 0.6 is 23.4 Å². The fourth-order valence-corrected chi connectivity index (χ4v) is 7.38. The standard InChI is InChI=1S/C30H35ClN4OS/c1-29(2)15-24-16-30(3,19-29)20-35(24)27(36)23-12-10-22(11-13-23)18-37-28-32-25(31)14-26(33-28)34(4)17-21-8-6-5-7-9-21/h5-14,24H,15-20H2,1-4H3. The number of likely N-dealkylation sites (tertiary alicyclic amines) is 1. The number of fused-ring (bicyclic) bond motifs is 2. The molecule has 5 rings (SSSR count). The molecule has 1 amide bonds. The van der Waals surface area contributed by atoms with Crippen LogP contribution in [0, 0.1) is 10.8 Å². The van der Waals surface area contributed by atoms with Crippen molar-refractivity contribution in [3.8, 4) is 0 Å². The summed E-state index contributed by atoms with van der Waals surface area (Å²) in [6.07, 6.45) is 3.40. The molecular weight excluding hydrogens is 500 g/mol. The number of hydrogen-bond donors (Lipinski definition) is 0. The van der Waals surface area contributed by atoms with Gasteiger partial charge in [-0.05, 0) is 53.4 Å². The fraction of sp³-hybridized carbons (Fsp3) is 0.433. The molecule has 1 aromatic heterocycles. The lowest BCUT2D eigenvalue weighted by atomic mass is 9.65. The zero-order chi connectivity index (χ0) is 26.2. The first-order valence-corrected chi connectivity index (χ1v) is 14.3. The Morgan fingerprint density at radius 3 is 2.51 bits per heavy atom. The van der Waals surface area contributed by atoms with E-state index < -0.39 is 0 Å². The Labute approximate surface area is 229 Å². The van der Waals surface area contributed by atoms with Crippen LogP contribution in [-0.4, -0.2) is 40.4 Å². The van der Waals surface area contributed by atoms with Gasteiger partial charge in [-0.1, -0.05) is 86.6 Å². The van der Waals surface area contributed by atoms with Crippen molar-refractivity contribution >= 4 is 35.1 Å². The van der Waals surface area contributed by atoms with E-state index in [1.807, 2.05) is 49.5 Å². The average molecular weight is 535 g/mol. The highest BCUT2D eigenvalue weighted by atomic mass is 35.5. The summed E-state index contributed by atoms with van der Waals surface area (Å²) < 4.78 is 0. The van der Waals surface area contributed by atoms with Gasteiger partial charge in [0.05, 0.1) is 0 Å². The summed E-state index contributed by atoms with van der Waals surface area (Å²) in [4.78, 5) is 26.7. The molecule has 2 fully saturated rings. The van der Waals surface area contributed by atoms with Gasteiger partial charge in [0.2, 0.25) is 0 Å². The molecule has 1 saturated carbocycles. The van der Waals surface area contributed by atoms with Gasteiger partial charge in [0.15, 0.2) is 5.16 Å². The summed E-state index contributed by atoms with van der Waals surface area (Å²) in [5.41, 5.74) is 3.64. The maximum absolute atomic E-state index is 13.4. The van der Waals surface area contributed by atoms with Crippen LogP contribution in [0.25, 0.3) is 0 Å². The Balaban J connectivity index is 1.21. The maximum atomic E-state index is 13.4. The van der Waals surface area contributed by atoms with E-state index in [0.717, 1.165) is 42.9 Å². The molecule has 5 nitrogen and oxygen atoms in total. The predicted octanol–water partition coefficient (Wildman–Crippen LogP) is 7.10. The van der Waals surface area contributed by atoms with Gasteiger partial charge in [0.25, 0.3) is 5.91 Å². The average Bonchev–Trinajstić information content (AvgIpc) is 3.11. The summed E-state index contributed by atoms with van der Waals surface area (Å²) in [6, 6.07) is 20.4. The van der Waals surface area contributed by atoms with Crippen LogP contribution in [0.1, 0.15) is 61.5 Å². The number of thioether (sulfide) groups is 1. The first kappa shape index (κ1) is 26.1. The van der Waals surface area contributed by atoms with Gasteiger partial charge >= 0.3 is 0 Å². The summed E-state index contributed by atoms with van der Waals surface area (Å²) in [5.74, 6) is 1.66. The van der Waals surface area contributed by atoms with Crippen LogP contribution in [0.4, 0.5) is 5.82 Å².